The average molecular weight is 560 g/mol. The van der Waals surface area contributed by atoms with Crippen LogP contribution in [-0.4, -0.2) is 47.8 Å². The molecule has 0 spiro atoms. The summed E-state index contributed by atoms with van der Waals surface area (Å²) in [7, 11) is 2.07. The summed E-state index contributed by atoms with van der Waals surface area (Å²) in [6.45, 7) is 5.94. The highest BCUT2D eigenvalue weighted by Crippen LogP contribution is 2.55. The van der Waals surface area contributed by atoms with Crippen LogP contribution in [0.4, 0.5) is 4.79 Å². The van der Waals surface area contributed by atoms with E-state index in [0.717, 1.165) is 78.8 Å². The smallest absolute Gasteiger partial charge is 0.315 e. The van der Waals surface area contributed by atoms with Gasteiger partial charge in [-0.25, -0.2) is 4.79 Å². The van der Waals surface area contributed by atoms with Gasteiger partial charge in [-0.2, -0.15) is 0 Å². The zero-order valence-corrected chi connectivity index (χ0v) is 24.3. The molecule has 5 aliphatic rings. The minimum Gasteiger partial charge on any atom is -0.392 e. The van der Waals surface area contributed by atoms with Crippen LogP contribution in [0.5, 0.6) is 0 Å². The van der Waals surface area contributed by atoms with Crippen molar-refractivity contribution in [2.75, 3.05) is 20.1 Å². The van der Waals surface area contributed by atoms with Gasteiger partial charge >= 0.3 is 6.03 Å². The third kappa shape index (κ3) is 6.69. The molecule has 2 aromatic rings. The number of urea groups is 1. The molecule has 1 saturated heterocycles. The first-order valence-electron chi connectivity index (χ1n) is 15.3. The molecule has 5 fully saturated rings. The van der Waals surface area contributed by atoms with Crippen LogP contribution in [0.25, 0.3) is 0 Å². The van der Waals surface area contributed by atoms with Crippen LogP contribution in [0.1, 0.15) is 79.6 Å². The molecule has 0 aromatic heterocycles. The van der Waals surface area contributed by atoms with Crippen molar-refractivity contribution >= 4 is 6.03 Å². The molecule has 1 heterocycles. The second-order valence-corrected chi connectivity index (χ2v) is 13.1. The van der Waals surface area contributed by atoms with Gasteiger partial charge < -0.3 is 30.1 Å². The van der Waals surface area contributed by atoms with E-state index >= 15 is 0 Å². The molecule has 220 valence electrons. The number of rotatable bonds is 10. The van der Waals surface area contributed by atoms with Crippen molar-refractivity contribution in [2.24, 2.45) is 17.8 Å². The molecule has 7 heteroatoms. The van der Waals surface area contributed by atoms with E-state index in [1.54, 1.807) is 0 Å². The van der Waals surface area contributed by atoms with Gasteiger partial charge in [-0.15, -0.1) is 6.58 Å². The maximum absolute atomic E-state index is 12.9. The number of carbonyl (C=O) groups is 1. The molecule has 41 heavy (non-hydrogen) atoms. The molecule has 1 aliphatic heterocycles. The SMILES string of the molecule is C=CCN(C)C[C@@H]1C[C@H](c2ccc(CO)cc2)O[C@H](c2ccc(CNC(=O)NC34CC5CC(CC(C5)C3)C4)cc2)O1. The van der Waals surface area contributed by atoms with Crippen molar-refractivity contribution in [3.63, 3.8) is 0 Å². The fourth-order valence-electron chi connectivity index (χ4n) is 8.20. The van der Waals surface area contributed by atoms with E-state index in [9.17, 15) is 9.90 Å². The van der Waals surface area contributed by atoms with E-state index in [-0.39, 0.29) is 30.4 Å². The molecule has 2 amide bonds. The van der Waals surface area contributed by atoms with Gasteiger partial charge in [0.2, 0.25) is 0 Å². The molecule has 3 atom stereocenters. The number of nitrogens with one attached hydrogen (secondary N) is 2. The first kappa shape index (κ1) is 28.4. The third-order valence-corrected chi connectivity index (χ3v) is 9.69. The molecular formula is C34H45N3O4. The monoisotopic (exact) mass is 559 g/mol. The van der Waals surface area contributed by atoms with Crippen LogP contribution in [0.3, 0.4) is 0 Å². The molecule has 4 aliphatic carbocycles. The highest BCUT2D eigenvalue weighted by Gasteiger charge is 2.51. The number of nitrogens with zero attached hydrogens (tertiary/aromatic N) is 1. The lowest BCUT2D eigenvalue weighted by atomic mass is 9.53. The molecule has 4 bridgehead atoms. The first-order chi connectivity index (χ1) is 19.9. The third-order valence-electron chi connectivity index (χ3n) is 9.69. The van der Waals surface area contributed by atoms with Crippen molar-refractivity contribution in [1.82, 2.24) is 15.5 Å². The van der Waals surface area contributed by atoms with E-state index in [0.29, 0.717) is 6.54 Å². The second kappa shape index (κ2) is 12.3. The standard InChI is InChI=1S/C34H45N3O4/c1-3-12-37(2)21-30-16-31(28-8-6-24(22-38)7-9-28)41-32(40-30)29-10-4-23(5-11-29)20-35-33(39)36-34-17-25-13-26(18-34)15-27(14-25)19-34/h3-11,25-27,30-32,38H,1,12-22H2,2H3,(H2,35,36,39)/t25?,26?,27?,30-,31+,32+,34?/m0/s1. The number of aliphatic hydroxyl groups is 1. The fourth-order valence-corrected chi connectivity index (χ4v) is 8.20. The molecule has 4 saturated carbocycles. The molecule has 2 aromatic carbocycles. The number of aliphatic hydroxyl groups excluding tert-OH is 1. The van der Waals surface area contributed by atoms with E-state index in [2.05, 4.69) is 29.2 Å². The lowest BCUT2D eigenvalue weighted by Gasteiger charge is -2.56. The predicted octanol–water partition coefficient (Wildman–Crippen LogP) is 5.61. The molecule has 0 radical (unpaired) electrons. The molecule has 0 unspecified atom stereocenters. The lowest BCUT2D eigenvalue weighted by molar-refractivity contribution is -0.252. The Labute approximate surface area is 244 Å². The van der Waals surface area contributed by atoms with Crippen molar-refractivity contribution < 1.29 is 19.4 Å². The fraction of sp³-hybridized carbons (Fsp3) is 0.559. The average Bonchev–Trinajstić information content (AvgIpc) is 2.95. The Morgan fingerprint density at radius 1 is 0.951 bits per heavy atom. The Hall–Kier alpha value is -2.71. The predicted molar refractivity (Wildman–Crippen MR) is 159 cm³/mol. The topological polar surface area (TPSA) is 83.1 Å². The van der Waals surface area contributed by atoms with Crippen molar-refractivity contribution in [3.8, 4) is 0 Å². The van der Waals surface area contributed by atoms with Gasteiger partial charge in [0.1, 0.15) is 0 Å². The Bertz CT molecular complexity index is 1160. The first-order valence-corrected chi connectivity index (χ1v) is 15.3. The Kier molecular flexibility index (Phi) is 8.50. The Balaban J connectivity index is 1.07. The largest absolute Gasteiger partial charge is 0.392 e. The Morgan fingerprint density at radius 3 is 2.17 bits per heavy atom. The number of benzene rings is 2. The van der Waals surface area contributed by atoms with Gasteiger partial charge in [0, 0.05) is 37.2 Å². The summed E-state index contributed by atoms with van der Waals surface area (Å²) < 4.78 is 12.9. The van der Waals surface area contributed by atoms with Crippen LogP contribution in [0.15, 0.2) is 61.2 Å². The number of ether oxygens (including phenoxy) is 2. The quantitative estimate of drug-likeness (QED) is 0.330. The van der Waals surface area contributed by atoms with Crippen LogP contribution in [0.2, 0.25) is 0 Å². The number of hydrogen-bond donors (Lipinski definition) is 3. The minimum atomic E-state index is -0.491. The van der Waals surface area contributed by atoms with E-state index in [1.165, 1.54) is 19.3 Å². The number of hydrogen-bond acceptors (Lipinski definition) is 5. The summed E-state index contributed by atoms with van der Waals surface area (Å²) >= 11 is 0. The van der Waals surface area contributed by atoms with E-state index in [1.807, 2.05) is 54.6 Å². The van der Waals surface area contributed by atoms with Crippen LogP contribution < -0.4 is 10.6 Å². The minimum absolute atomic E-state index is 0.00385. The molecular weight excluding hydrogens is 514 g/mol. The van der Waals surface area contributed by atoms with Gasteiger partial charge in [-0.3, -0.25) is 0 Å². The summed E-state index contributed by atoms with van der Waals surface area (Å²) in [5.41, 5.74) is 3.99. The van der Waals surface area contributed by atoms with Gasteiger partial charge in [0.05, 0.1) is 18.8 Å². The van der Waals surface area contributed by atoms with Crippen molar-refractivity contribution in [3.05, 3.63) is 83.4 Å². The second-order valence-electron chi connectivity index (χ2n) is 13.1. The van der Waals surface area contributed by atoms with Crippen LogP contribution in [0, 0.1) is 17.8 Å². The highest BCUT2D eigenvalue weighted by atomic mass is 16.7. The highest BCUT2D eigenvalue weighted by molar-refractivity contribution is 5.75. The van der Waals surface area contributed by atoms with Gasteiger partial charge in [-0.05, 0) is 80.0 Å². The summed E-state index contributed by atoms with van der Waals surface area (Å²) in [6, 6.07) is 16.1. The maximum Gasteiger partial charge on any atom is 0.315 e. The number of amides is 2. The summed E-state index contributed by atoms with van der Waals surface area (Å²) in [5, 5.41) is 15.9. The molecule has 7 rings (SSSR count). The van der Waals surface area contributed by atoms with Crippen molar-refractivity contribution in [1.29, 1.82) is 0 Å². The molecule has 3 N–H and O–H groups in total. The Morgan fingerprint density at radius 2 is 1.56 bits per heavy atom. The lowest BCUT2D eigenvalue weighted by Crippen LogP contribution is -2.61. The normalized spacial score (nSPS) is 32.2. The van der Waals surface area contributed by atoms with Gasteiger partial charge in [0.25, 0.3) is 0 Å². The van der Waals surface area contributed by atoms with Crippen molar-refractivity contribution in [2.45, 2.75) is 82.1 Å². The molecule has 7 nitrogen and oxygen atoms in total. The summed E-state index contributed by atoms with van der Waals surface area (Å²) in [5.74, 6) is 2.42. The summed E-state index contributed by atoms with van der Waals surface area (Å²) in [4.78, 5) is 15.1. The van der Waals surface area contributed by atoms with Crippen LogP contribution in [-0.2, 0) is 22.6 Å². The van der Waals surface area contributed by atoms with Crippen LogP contribution >= 0.6 is 0 Å². The van der Waals surface area contributed by atoms with Gasteiger partial charge in [0.15, 0.2) is 6.29 Å². The van der Waals surface area contributed by atoms with E-state index < -0.39 is 6.29 Å². The summed E-state index contributed by atoms with van der Waals surface area (Å²) in [6.07, 6.45) is 9.60. The number of likely N-dealkylation sites (N-methyl/N-ethyl adjacent to an activating group) is 1. The van der Waals surface area contributed by atoms with Gasteiger partial charge in [-0.1, -0.05) is 54.6 Å². The zero-order chi connectivity index (χ0) is 28.4. The number of carbonyl (C=O) groups excluding carboxylic acids is 1. The maximum atomic E-state index is 12.9. The zero-order valence-electron chi connectivity index (χ0n) is 24.3. The van der Waals surface area contributed by atoms with E-state index in [4.69, 9.17) is 9.47 Å².